The zero-order valence-corrected chi connectivity index (χ0v) is 9.68. The van der Waals surface area contributed by atoms with Gasteiger partial charge in [0.25, 0.3) is 0 Å². The van der Waals surface area contributed by atoms with Gasteiger partial charge in [-0.2, -0.15) is 0 Å². The molecule has 0 spiro atoms. The van der Waals surface area contributed by atoms with Crippen LogP contribution in [0.25, 0.3) is 0 Å². The Bertz CT molecular complexity index is 14.1. The maximum Gasteiger partial charge on any atom is 2.00 e. The van der Waals surface area contributed by atoms with Crippen LogP contribution < -0.4 is 0 Å². The van der Waals surface area contributed by atoms with Crippen LogP contribution in [0.2, 0.25) is 0 Å². The monoisotopic (exact) mass is 434 g/mol. The van der Waals surface area contributed by atoms with Crippen LogP contribution in [0.5, 0.6) is 0 Å². The van der Waals surface area contributed by atoms with Gasteiger partial charge in [-0.3, -0.25) is 0 Å². The van der Waals surface area contributed by atoms with Crippen molar-refractivity contribution in [1.82, 2.24) is 0 Å². The first kappa shape index (κ1) is 841. The van der Waals surface area contributed by atoms with E-state index in [0.29, 0.717) is 0 Å². The van der Waals surface area contributed by atoms with Gasteiger partial charge < -0.3 is 43.8 Å². The summed E-state index contributed by atoms with van der Waals surface area (Å²) in [6.07, 6.45) is 0. The Morgan fingerprint density at radius 2 is 0.364 bits per heavy atom. The minimum Gasteiger partial charge on any atom is -0.870 e. The van der Waals surface area contributed by atoms with Crippen LogP contribution in [0.4, 0.5) is 0 Å². The van der Waals surface area contributed by atoms with Gasteiger partial charge in [-0.25, -0.2) is 0 Å². The number of hydrogen-bond donors (Lipinski definition) is 0. The molecule has 0 aromatic heterocycles. The van der Waals surface area contributed by atoms with E-state index in [1.807, 2.05) is 0 Å². The zero-order valence-electron chi connectivity index (χ0n) is 4.66. The molecule has 0 aromatic carbocycles. The third-order valence-electron chi connectivity index (χ3n) is 0. The first-order valence-corrected chi connectivity index (χ1v) is 0. The van der Waals surface area contributed by atoms with Crippen LogP contribution in [0.3, 0.4) is 0 Å². The summed E-state index contributed by atoms with van der Waals surface area (Å²) in [5.41, 5.74) is 0. The maximum absolute atomic E-state index is 0. The van der Waals surface area contributed by atoms with Crippen molar-refractivity contribution in [2.24, 2.45) is 0 Å². The topological polar surface area (TPSA) is 240 Å². The molecule has 11 heteroatoms. The van der Waals surface area contributed by atoms with Crippen LogP contribution in [-0.4, -0.2) is 43.8 Å². The van der Waals surface area contributed by atoms with Crippen molar-refractivity contribution in [3.8, 4) is 0 Å². The molecule has 0 amide bonds. The Labute approximate surface area is 98.2 Å². The van der Waals surface area contributed by atoms with Gasteiger partial charge in [-0.1, -0.05) is 0 Å². The molecule has 0 saturated carbocycles. The molecular formula is H8FeNiO8W-4. The van der Waals surface area contributed by atoms with E-state index < -0.39 is 0 Å². The SMILES string of the molecule is [Fe+2].[Ni+2].[OH-].[OH-].[OH-].[OH-].[OH-].[OH-].[OH-].[OH-].[W]. The van der Waals surface area contributed by atoms with Gasteiger partial charge in [-0.15, -0.1) is 0 Å². The van der Waals surface area contributed by atoms with Gasteiger partial charge >= 0.3 is 33.6 Å². The second-order valence-corrected chi connectivity index (χ2v) is 0. The van der Waals surface area contributed by atoms with Gasteiger partial charge in [0.1, 0.15) is 0 Å². The molecule has 0 radical (unpaired) electrons. The molecule has 0 unspecified atom stereocenters. The predicted molar refractivity (Wildman–Crippen MR) is 15.5 cm³/mol. The van der Waals surface area contributed by atoms with E-state index in [4.69, 9.17) is 0 Å². The Balaban J connectivity index is 0. The van der Waals surface area contributed by atoms with Gasteiger partial charge in [-0.05, 0) is 0 Å². The van der Waals surface area contributed by atoms with Crippen molar-refractivity contribution in [2.45, 2.75) is 0 Å². The van der Waals surface area contributed by atoms with E-state index in [0.717, 1.165) is 0 Å². The maximum atomic E-state index is 0. The van der Waals surface area contributed by atoms with Crippen LogP contribution in [0.15, 0.2) is 0 Å². The zero-order chi connectivity index (χ0) is 0. The fourth-order valence-electron chi connectivity index (χ4n) is 0. The van der Waals surface area contributed by atoms with Crippen LogP contribution >= 0.6 is 0 Å². The molecule has 0 fully saturated rings. The summed E-state index contributed by atoms with van der Waals surface area (Å²) in [5, 5.41) is 0. The Kier molecular flexibility index (Phi) is 49100. The van der Waals surface area contributed by atoms with Crippen molar-refractivity contribution in [3.05, 3.63) is 0 Å². The molecule has 8 nitrogen and oxygen atoms in total. The molecule has 0 aliphatic heterocycles. The number of rotatable bonds is 0. The number of hydrogen-bond acceptors (Lipinski definition) is 8. The van der Waals surface area contributed by atoms with Crippen molar-refractivity contribution in [3.63, 3.8) is 0 Å². The smallest absolute Gasteiger partial charge is 0.870 e. The molecule has 0 aliphatic rings. The molecule has 0 aliphatic carbocycles. The fraction of sp³-hybridized carbons (Fsp3) is 0. The standard InChI is InChI=1S/Fe.Ni.8H2O.W/h;;8*1H2;/q2*+2;;;;;;;;;/p-8. The van der Waals surface area contributed by atoms with E-state index in [-0.39, 0.29) is 98.4 Å². The van der Waals surface area contributed by atoms with Gasteiger partial charge in [0.05, 0.1) is 0 Å². The summed E-state index contributed by atoms with van der Waals surface area (Å²) >= 11 is 0. The van der Waals surface area contributed by atoms with Gasteiger partial charge in [0, 0.05) is 21.1 Å². The molecule has 0 aromatic rings. The minimum atomic E-state index is 0. The molecule has 0 atom stereocenters. The summed E-state index contributed by atoms with van der Waals surface area (Å²) in [4.78, 5) is 0. The molecule has 8 N–H and O–H groups in total. The van der Waals surface area contributed by atoms with E-state index in [1.54, 1.807) is 0 Å². The normalized spacial score (nSPS) is 0. The fourth-order valence-corrected chi connectivity index (χ4v) is 0. The van der Waals surface area contributed by atoms with Crippen LogP contribution in [-0.2, 0) is 54.6 Å². The largest absolute Gasteiger partial charge is 2.00 e. The van der Waals surface area contributed by atoms with Crippen molar-refractivity contribution in [2.75, 3.05) is 0 Å². The second-order valence-electron chi connectivity index (χ2n) is 0. The van der Waals surface area contributed by atoms with E-state index in [2.05, 4.69) is 0 Å². The Morgan fingerprint density at radius 1 is 0.364 bits per heavy atom. The van der Waals surface area contributed by atoms with E-state index in [1.165, 1.54) is 0 Å². The van der Waals surface area contributed by atoms with Gasteiger partial charge in [0.2, 0.25) is 0 Å². The predicted octanol–water partition coefficient (Wildman–Crippen LogP) is -1.42. The molecule has 11 heavy (non-hydrogen) atoms. The molecule has 0 saturated heterocycles. The summed E-state index contributed by atoms with van der Waals surface area (Å²) in [5.74, 6) is 0. The van der Waals surface area contributed by atoms with Crippen molar-refractivity contribution >= 4 is 0 Å². The summed E-state index contributed by atoms with van der Waals surface area (Å²) in [7, 11) is 0. The van der Waals surface area contributed by atoms with Crippen LogP contribution in [0.1, 0.15) is 0 Å². The van der Waals surface area contributed by atoms with Crippen molar-refractivity contribution in [1.29, 1.82) is 0 Å². The average Bonchev–Trinajstić information content (AvgIpc) is 0. The first-order chi connectivity index (χ1) is 0. The van der Waals surface area contributed by atoms with E-state index in [9.17, 15) is 0 Å². The van der Waals surface area contributed by atoms with Crippen LogP contribution in [0, 0.1) is 0 Å². The van der Waals surface area contributed by atoms with Gasteiger partial charge in [0.15, 0.2) is 0 Å². The second kappa shape index (κ2) is 643. The first-order valence-electron chi connectivity index (χ1n) is 0. The molecule has 0 heterocycles. The molecule has 84 valence electrons. The average molecular weight is 434 g/mol. The van der Waals surface area contributed by atoms with Crippen molar-refractivity contribution < 1.29 is 98.4 Å². The summed E-state index contributed by atoms with van der Waals surface area (Å²) in [6.45, 7) is 0. The third-order valence-corrected chi connectivity index (χ3v) is 0. The van der Waals surface area contributed by atoms with E-state index >= 15 is 0 Å². The molecule has 0 rings (SSSR count). The summed E-state index contributed by atoms with van der Waals surface area (Å²) in [6, 6.07) is 0. The third kappa shape index (κ3) is 525. The minimum absolute atomic E-state index is 0. The summed E-state index contributed by atoms with van der Waals surface area (Å²) < 4.78 is 0. The quantitative estimate of drug-likeness (QED) is 0.408. The molecular weight excluding hydrogens is 426 g/mol. The Morgan fingerprint density at radius 3 is 0.364 bits per heavy atom. The molecule has 0 bridgehead atoms. The Hall–Kier alpha value is 1.38.